The van der Waals surface area contributed by atoms with Gasteiger partial charge in [-0.15, -0.1) is 0 Å². The van der Waals surface area contributed by atoms with Gasteiger partial charge in [0.2, 0.25) is 0 Å². The van der Waals surface area contributed by atoms with E-state index in [0.29, 0.717) is 11.6 Å². The fourth-order valence-corrected chi connectivity index (χ4v) is 2.40. The van der Waals surface area contributed by atoms with Gasteiger partial charge < -0.3 is 10.4 Å². The van der Waals surface area contributed by atoms with Crippen LogP contribution in [0.15, 0.2) is 42.5 Å². The number of benzene rings is 2. The molecule has 0 aliphatic carbocycles. The van der Waals surface area contributed by atoms with Crippen LogP contribution in [0.3, 0.4) is 0 Å². The number of phenolic OH excluding ortho intramolecular Hbond substituents is 1. The lowest BCUT2D eigenvalue weighted by Crippen LogP contribution is -2.19. The number of aromatic hydroxyl groups is 1. The van der Waals surface area contributed by atoms with E-state index in [1.54, 1.807) is 18.2 Å². The molecule has 2 aromatic carbocycles. The van der Waals surface area contributed by atoms with E-state index < -0.39 is 0 Å². The van der Waals surface area contributed by atoms with E-state index in [-0.39, 0.29) is 11.8 Å². The van der Waals surface area contributed by atoms with Crippen LogP contribution in [-0.4, -0.2) is 5.11 Å². The molecule has 2 rings (SSSR count). The molecule has 0 radical (unpaired) electrons. The van der Waals surface area contributed by atoms with Crippen molar-refractivity contribution in [3.8, 4) is 5.75 Å². The lowest BCUT2D eigenvalue weighted by molar-refractivity contribution is 0.460. The van der Waals surface area contributed by atoms with E-state index in [4.69, 9.17) is 11.6 Å². The van der Waals surface area contributed by atoms with Crippen LogP contribution in [-0.2, 0) is 6.54 Å². The predicted molar refractivity (Wildman–Crippen MR) is 79.6 cm³/mol. The molecule has 1 atom stereocenters. The van der Waals surface area contributed by atoms with Crippen LogP contribution in [0.5, 0.6) is 5.75 Å². The second-order valence-electron chi connectivity index (χ2n) is 4.70. The van der Waals surface area contributed by atoms with Gasteiger partial charge in [-0.25, -0.2) is 0 Å². The summed E-state index contributed by atoms with van der Waals surface area (Å²) in [7, 11) is 0. The van der Waals surface area contributed by atoms with E-state index in [9.17, 15) is 5.11 Å². The molecular formula is C16H18ClNO. The first-order chi connectivity index (χ1) is 9.09. The molecule has 0 aliphatic heterocycles. The Morgan fingerprint density at radius 3 is 2.58 bits per heavy atom. The largest absolute Gasteiger partial charge is 0.508 e. The number of hydrogen-bond acceptors (Lipinski definition) is 2. The molecule has 0 aliphatic rings. The Balaban J connectivity index is 2.09. The van der Waals surface area contributed by atoms with Gasteiger partial charge in [0.1, 0.15) is 5.75 Å². The number of rotatable bonds is 4. The Labute approximate surface area is 119 Å². The van der Waals surface area contributed by atoms with Crippen LogP contribution in [0.25, 0.3) is 0 Å². The predicted octanol–water partition coefficient (Wildman–Crippen LogP) is 4.20. The summed E-state index contributed by atoms with van der Waals surface area (Å²) >= 11 is 6.09. The first kappa shape index (κ1) is 13.9. The van der Waals surface area contributed by atoms with Crippen molar-refractivity contribution in [2.75, 3.05) is 0 Å². The molecule has 0 heterocycles. The summed E-state index contributed by atoms with van der Waals surface area (Å²) in [4.78, 5) is 0. The van der Waals surface area contributed by atoms with Gasteiger partial charge in [0.25, 0.3) is 0 Å². The van der Waals surface area contributed by atoms with Crippen LogP contribution >= 0.6 is 11.6 Å². The monoisotopic (exact) mass is 275 g/mol. The number of halogens is 1. The van der Waals surface area contributed by atoms with E-state index in [2.05, 4.69) is 31.3 Å². The fourth-order valence-electron chi connectivity index (χ4n) is 2.16. The van der Waals surface area contributed by atoms with Crippen LogP contribution in [0.4, 0.5) is 0 Å². The highest BCUT2D eigenvalue weighted by Crippen LogP contribution is 2.26. The standard InChI is InChI=1S/C16H18ClNO/c1-11-6-3-4-7-13(11)12(2)18-10-14-15(17)8-5-9-16(14)19/h3-9,12,18-19H,10H2,1-2H3/t12-/m1/s1. The fraction of sp³-hybridized carbons (Fsp3) is 0.250. The summed E-state index contributed by atoms with van der Waals surface area (Å²) in [6, 6.07) is 13.7. The Bertz CT molecular complexity index is 548. The minimum absolute atomic E-state index is 0.205. The van der Waals surface area contributed by atoms with Crippen molar-refractivity contribution < 1.29 is 5.11 Å². The maximum absolute atomic E-state index is 9.80. The quantitative estimate of drug-likeness (QED) is 0.876. The minimum atomic E-state index is 0.205. The maximum atomic E-state index is 9.80. The third-order valence-corrected chi connectivity index (χ3v) is 3.69. The summed E-state index contributed by atoms with van der Waals surface area (Å²) in [5.74, 6) is 0.233. The minimum Gasteiger partial charge on any atom is -0.508 e. The van der Waals surface area contributed by atoms with Crippen LogP contribution < -0.4 is 5.32 Å². The molecule has 0 aromatic heterocycles. The van der Waals surface area contributed by atoms with E-state index in [1.165, 1.54) is 11.1 Å². The second kappa shape index (κ2) is 6.09. The summed E-state index contributed by atoms with van der Waals surface area (Å²) in [5, 5.41) is 13.8. The molecule has 100 valence electrons. The number of phenols is 1. The van der Waals surface area contributed by atoms with Gasteiger partial charge in [0, 0.05) is 23.2 Å². The lowest BCUT2D eigenvalue weighted by atomic mass is 10.0. The van der Waals surface area contributed by atoms with Crippen LogP contribution in [0, 0.1) is 6.92 Å². The maximum Gasteiger partial charge on any atom is 0.121 e. The van der Waals surface area contributed by atoms with Gasteiger partial charge in [-0.05, 0) is 37.1 Å². The molecule has 3 heteroatoms. The number of hydrogen-bond donors (Lipinski definition) is 2. The topological polar surface area (TPSA) is 32.3 Å². The zero-order valence-electron chi connectivity index (χ0n) is 11.2. The van der Waals surface area contributed by atoms with Crippen molar-refractivity contribution in [3.63, 3.8) is 0 Å². The molecule has 0 saturated carbocycles. The first-order valence-corrected chi connectivity index (χ1v) is 6.72. The van der Waals surface area contributed by atoms with Gasteiger partial charge in [0.15, 0.2) is 0 Å². The highest BCUT2D eigenvalue weighted by molar-refractivity contribution is 6.31. The molecule has 0 spiro atoms. The zero-order valence-corrected chi connectivity index (χ0v) is 11.9. The lowest BCUT2D eigenvalue weighted by Gasteiger charge is -2.17. The molecular weight excluding hydrogens is 258 g/mol. The molecule has 19 heavy (non-hydrogen) atoms. The Kier molecular flexibility index (Phi) is 4.46. The van der Waals surface area contributed by atoms with Gasteiger partial charge in [-0.1, -0.05) is 41.9 Å². The van der Waals surface area contributed by atoms with Crippen molar-refractivity contribution in [2.45, 2.75) is 26.4 Å². The van der Waals surface area contributed by atoms with Crippen molar-refractivity contribution in [2.24, 2.45) is 0 Å². The molecule has 0 unspecified atom stereocenters. The van der Waals surface area contributed by atoms with Crippen molar-refractivity contribution in [1.29, 1.82) is 0 Å². The summed E-state index contributed by atoms with van der Waals surface area (Å²) in [6.07, 6.45) is 0. The molecule has 2 aromatic rings. The normalized spacial score (nSPS) is 12.4. The van der Waals surface area contributed by atoms with Gasteiger partial charge in [0.05, 0.1) is 0 Å². The average Bonchev–Trinajstić information content (AvgIpc) is 2.38. The number of nitrogens with one attached hydrogen (secondary N) is 1. The smallest absolute Gasteiger partial charge is 0.121 e. The molecule has 2 N–H and O–H groups in total. The third-order valence-electron chi connectivity index (χ3n) is 3.33. The Morgan fingerprint density at radius 1 is 1.16 bits per heavy atom. The van der Waals surface area contributed by atoms with Crippen molar-refractivity contribution >= 4 is 11.6 Å². The first-order valence-electron chi connectivity index (χ1n) is 6.35. The van der Waals surface area contributed by atoms with E-state index >= 15 is 0 Å². The summed E-state index contributed by atoms with van der Waals surface area (Å²) in [6.45, 7) is 4.75. The van der Waals surface area contributed by atoms with Gasteiger partial charge >= 0.3 is 0 Å². The summed E-state index contributed by atoms with van der Waals surface area (Å²) in [5.41, 5.74) is 3.25. The van der Waals surface area contributed by atoms with Crippen LogP contribution in [0.2, 0.25) is 5.02 Å². The van der Waals surface area contributed by atoms with E-state index in [0.717, 1.165) is 5.56 Å². The third kappa shape index (κ3) is 3.28. The van der Waals surface area contributed by atoms with Crippen LogP contribution in [0.1, 0.15) is 29.7 Å². The van der Waals surface area contributed by atoms with Gasteiger partial charge in [-0.2, -0.15) is 0 Å². The van der Waals surface area contributed by atoms with E-state index in [1.807, 2.05) is 12.1 Å². The van der Waals surface area contributed by atoms with Gasteiger partial charge in [-0.3, -0.25) is 0 Å². The molecule has 0 bridgehead atoms. The molecule has 0 saturated heterocycles. The van der Waals surface area contributed by atoms with Crippen molar-refractivity contribution in [1.82, 2.24) is 5.32 Å². The highest BCUT2D eigenvalue weighted by atomic mass is 35.5. The second-order valence-corrected chi connectivity index (χ2v) is 5.10. The highest BCUT2D eigenvalue weighted by Gasteiger charge is 2.10. The molecule has 2 nitrogen and oxygen atoms in total. The SMILES string of the molecule is Cc1ccccc1[C@@H](C)NCc1c(O)cccc1Cl. The zero-order chi connectivity index (χ0) is 13.8. The van der Waals surface area contributed by atoms with Crippen molar-refractivity contribution in [3.05, 3.63) is 64.2 Å². The average molecular weight is 276 g/mol. The number of aryl methyl sites for hydroxylation is 1. The molecule has 0 amide bonds. The summed E-state index contributed by atoms with van der Waals surface area (Å²) < 4.78 is 0. The molecule has 0 fully saturated rings. The Hall–Kier alpha value is -1.51. The Morgan fingerprint density at radius 2 is 1.89 bits per heavy atom.